The van der Waals surface area contributed by atoms with Crippen LogP contribution in [0.15, 0.2) is 48.8 Å². The van der Waals surface area contributed by atoms with E-state index in [1.807, 2.05) is 42.2 Å². The van der Waals surface area contributed by atoms with Gasteiger partial charge in [0.1, 0.15) is 5.75 Å². The van der Waals surface area contributed by atoms with E-state index in [1.165, 1.54) is 0 Å². The Bertz CT molecular complexity index is 1070. The Morgan fingerprint density at radius 1 is 1.19 bits per heavy atom. The number of rotatable bonds is 5. The molecule has 0 aliphatic carbocycles. The van der Waals surface area contributed by atoms with Gasteiger partial charge in [0.25, 0.3) is 0 Å². The molecule has 160 valence electrons. The maximum atomic E-state index is 13.0. The lowest BCUT2D eigenvalue weighted by Crippen LogP contribution is -2.40. The number of nitrogens with two attached hydrogens (primary N) is 1. The number of hydrogen-bond acceptors (Lipinski definition) is 6. The van der Waals surface area contributed by atoms with Crippen molar-refractivity contribution in [1.82, 2.24) is 19.9 Å². The van der Waals surface area contributed by atoms with Crippen molar-refractivity contribution >= 4 is 11.9 Å². The van der Waals surface area contributed by atoms with E-state index in [-0.39, 0.29) is 17.8 Å². The largest absolute Gasteiger partial charge is 0.497 e. The van der Waals surface area contributed by atoms with E-state index >= 15 is 0 Å². The molecule has 0 saturated carbocycles. The number of benzene rings is 1. The number of pyridine rings is 1. The summed E-state index contributed by atoms with van der Waals surface area (Å²) >= 11 is 0. The fourth-order valence-corrected chi connectivity index (χ4v) is 4.07. The Balaban J connectivity index is 1.50. The molecular weight excluding hydrogens is 390 g/mol. The van der Waals surface area contributed by atoms with Gasteiger partial charge in [-0.25, -0.2) is 9.97 Å². The topological polar surface area (TPSA) is 94.2 Å². The van der Waals surface area contributed by atoms with Crippen molar-refractivity contribution in [2.45, 2.75) is 32.1 Å². The van der Waals surface area contributed by atoms with Crippen molar-refractivity contribution in [3.63, 3.8) is 0 Å². The summed E-state index contributed by atoms with van der Waals surface area (Å²) in [6.45, 7) is 3.44. The monoisotopic (exact) mass is 417 g/mol. The van der Waals surface area contributed by atoms with Crippen LogP contribution in [0.3, 0.4) is 0 Å². The number of carbonyl (C=O) groups is 1. The molecule has 2 N–H and O–H groups in total. The third-order valence-electron chi connectivity index (χ3n) is 5.66. The molecule has 7 heteroatoms. The SMILES string of the molecule is COc1cccc(CC(=O)N2CCC[C@H](c3cc(-c4cnc(N)nc4)cc(C)n3)C2)c1. The first-order chi connectivity index (χ1) is 15.0. The van der Waals surface area contributed by atoms with Gasteiger partial charge >= 0.3 is 0 Å². The number of amides is 1. The molecule has 31 heavy (non-hydrogen) atoms. The highest BCUT2D eigenvalue weighted by molar-refractivity contribution is 5.79. The number of likely N-dealkylation sites (tertiary alicyclic amines) is 1. The Hall–Kier alpha value is -3.48. The van der Waals surface area contributed by atoms with E-state index < -0.39 is 0 Å². The van der Waals surface area contributed by atoms with Crippen LogP contribution in [0.25, 0.3) is 11.1 Å². The summed E-state index contributed by atoms with van der Waals surface area (Å²) < 4.78 is 5.27. The summed E-state index contributed by atoms with van der Waals surface area (Å²) in [6.07, 6.45) is 5.80. The maximum absolute atomic E-state index is 13.0. The van der Waals surface area contributed by atoms with Crippen LogP contribution in [-0.2, 0) is 11.2 Å². The fourth-order valence-electron chi connectivity index (χ4n) is 4.07. The van der Waals surface area contributed by atoms with E-state index in [1.54, 1.807) is 19.5 Å². The van der Waals surface area contributed by atoms with Crippen molar-refractivity contribution < 1.29 is 9.53 Å². The van der Waals surface area contributed by atoms with E-state index in [0.717, 1.165) is 53.2 Å². The molecule has 1 aliphatic rings. The zero-order chi connectivity index (χ0) is 21.8. The first kappa shape index (κ1) is 20.8. The molecular formula is C24H27N5O2. The summed E-state index contributed by atoms with van der Waals surface area (Å²) in [5.74, 6) is 1.37. The number of anilines is 1. The average Bonchev–Trinajstić information content (AvgIpc) is 2.79. The standard InChI is InChI=1S/C24H27N5O2/c1-16-9-19(20-13-26-24(25)27-14-20)12-22(28-16)18-6-4-8-29(15-18)23(30)11-17-5-3-7-21(10-17)31-2/h3,5,7,9-10,12-14,18H,4,6,8,11,15H2,1-2H3,(H2,25,26,27)/t18-/m0/s1. The normalized spacial score (nSPS) is 16.2. The maximum Gasteiger partial charge on any atom is 0.227 e. The van der Waals surface area contributed by atoms with Gasteiger partial charge in [0.15, 0.2) is 0 Å². The molecule has 0 radical (unpaired) electrons. The lowest BCUT2D eigenvalue weighted by Gasteiger charge is -2.33. The molecule has 0 bridgehead atoms. The van der Waals surface area contributed by atoms with Crippen LogP contribution in [0.4, 0.5) is 5.95 Å². The number of nitrogen functional groups attached to an aromatic ring is 1. The van der Waals surface area contributed by atoms with Gasteiger partial charge in [-0.15, -0.1) is 0 Å². The highest BCUT2D eigenvalue weighted by Gasteiger charge is 2.26. The Kier molecular flexibility index (Phi) is 6.11. The van der Waals surface area contributed by atoms with E-state index in [4.69, 9.17) is 15.5 Å². The number of aryl methyl sites for hydroxylation is 1. The molecule has 1 amide bonds. The number of ether oxygens (including phenoxy) is 1. The first-order valence-corrected chi connectivity index (χ1v) is 10.5. The number of aromatic nitrogens is 3. The molecule has 3 heterocycles. The summed E-state index contributed by atoms with van der Waals surface area (Å²) in [4.78, 5) is 27.9. The van der Waals surface area contributed by atoms with Crippen molar-refractivity contribution in [2.24, 2.45) is 0 Å². The Labute approximate surface area is 182 Å². The average molecular weight is 418 g/mol. The van der Waals surface area contributed by atoms with Crippen molar-refractivity contribution in [1.29, 1.82) is 0 Å². The van der Waals surface area contributed by atoms with Crippen LogP contribution in [-0.4, -0.2) is 46.0 Å². The number of carbonyl (C=O) groups excluding carboxylic acids is 1. The molecule has 0 unspecified atom stereocenters. The minimum atomic E-state index is 0.137. The molecule has 1 atom stereocenters. The number of methoxy groups -OCH3 is 1. The number of hydrogen-bond donors (Lipinski definition) is 1. The Morgan fingerprint density at radius 3 is 2.77 bits per heavy atom. The quantitative estimate of drug-likeness (QED) is 0.684. The van der Waals surface area contributed by atoms with Crippen molar-refractivity contribution in [3.8, 4) is 16.9 Å². The first-order valence-electron chi connectivity index (χ1n) is 10.5. The highest BCUT2D eigenvalue weighted by atomic mass is 16.5. The molecule has 1 aromatic carbocycles. The fraction of sp³-hybridized carbons (Fsp3) is 0.333. The van der Waals surface area contributed by atoms with Crippen LogP contribution in [0, 0.1) is 6.92 Å². The second-order valence-corrected chi connectivity index (χ2v) is 7.96. The lowest BCUT2D eigenvalue weighted by molar-refractivity contribution is -0.131. The lowest BCUT2D eigenvalue weighted by atomic mass is 9.92. The molecule has 1 saturated heterocycles. The molecule has 4 rings (SSSR count). The molecule has 3 aromatic rings. The minimum Gasteiger partial charge on any atom is -0.497 e. The summed E-state index contributed by atoms with van der Waals surface area (Å²) in [7, 11) is 1.63. The van der Waals surface area contributed by atoms with Crippen LogP contribution < -0.4 is 10.5 Å². The number of nitrogens with zero attached hydrogens (tertiary/aromatic N) is 4. The van der Waals surface area contributed by atoms with Crippen molar-refractivity contribution in [2.75, 3.05) is 25.9 Å². The zero-order valence-electron chi connectivity index (χ0n) is 17.9. The van der Waals surface area contributed by atoms with Crippen LogP contribution >= 0.6 is 0 Å². The number of piperidine rings is 1. The molecule has 2 aromatic heterocycles. The highest BCUT2D eigenvalue weighted by Crippen LogP contribution is 2.30. The molecule has 1 fully saturated rings. The second kappa shape index (κ2) is 9.12. The summed E-state index contributed by atoms with van der Waals surface area (Å²) in [5, 5.41) is 0. The smallest absolute Gasteiger partial charge is 0.227 e. The molecule has 0 spiro atoms. The third kappa shape index (κ3) is 4.99. The molecule has 1 aliphatic heterocycles. The predicted molar refractivity (Wildman–Crippen MR) is 120 cm³/mol. The van der Waals surface area contributed by atoms with Crippen LogP contribution in [0.5, 0.6) is 5.75 Å². The summed E-state index contributed by atoms with van der Waals surface area (Å²) in [6, 6.07) is 11.8. The van der Waals surface area contributed by atoms with E-state index in [2.05, 4.69) is 16.0 Å². The van der Waals surface area contributed by atoms with E-state index in [0.29, 0.717) is 13.0 Å². The molecule has 7 nitrogen and oxygen atoms in total. The summed E-state index contributed by atoms with van der Waals surface area (Å²) in [5.41, 5.74) is 10.4. The predicted octanol–water partition coefficient (Wildman–Crippen LogP) is 3.39. The van der Waals surface area contributed by atoms with Gasteiger partial charge in [0.2, 0.25) is 11.9 Å². The third-order valence-corrected chi connectivity index (χ3v) is 5.66. The van der Waals surface area contributed by atoms with Gasteiger partial charge in [-0.2, -0.15) is 0 Å². The minimum absolute atomic E-state index is 0.137. The van der Waals surface area contributed by atoms with Gasteiger partial charge in [-0.05, 0) is 55.2 Å². The van der Waals surface area contributed by atoms with Crippen molar-refractivity contribution in [3.05, 3.63) is 65.7 Å². The van der Waals surface area contributed by atoms with Crippen LogP contribution in [0.1, 0.15) is 35.7 Å². The van der Waals surface area contributed by atoms with Gasteiger partial charge in [0, 0.05) is 48.4 Å². The van der Waals surface area contributed by atoms with Gasteiger partial charge in [0.05, 0.1) is 13.5 Å². The van der Waals surface area contributed by atoms with Gasteiger partial charge in [-0.3, -0.25) is 9.78 Å². The van der Waals surface area contributed by atoms with Crippen LogP contribution in [0.2, 0.25) is 0 Å². The Morgan fingerprint density at radius 2 is 2.00 bits per heavy atom. The zero-order valence-corrected chi connectivity index (χ0v) is 17.9. The van der Waals surface area contributed by atoms with Gasteiger partial charge in [-0.1, -0.05) is 12.1 Å². The second-order valence-electron chi connectivity index (χ2n) is 7.96. The van der Waals surface area contributed by atoms with Gasteiger partial charge < -0.3 is 15.4 Å². The van der Waals surface area contributed by atoms with E-state index in [9.17, 15) is 4.79 Å².